The molecule has 4 rings (SSSR count). The molecular weight excluding hydrogens is 370 g/mol. The Balaban J connectivity index is 1.71. The lowest BCUT2D eigenvalue weighted by atomic mass is 10.2. The number of benzene rings is 2. The number of carbonyl (C=O) groups is 1. The van der Waals surface area contributed by atoms with Gasteiger partial charge in [0.1, 0.15) is 11.4 Å². The lowest BCUT2D eigenvalue weighted by Crippen LogP contribution is -2.17. The van der Waals surface area contributed by atoms with Gasteiger partial charge in [-0.3, -0.25) is 4.79 Å². The zero-order valence-corrected chi connectivity index (χ0v) is 16.0. The van der Waals surface area contributed by atoms with Gasteiger partial charge in [0.15, 0.2) is 17.3 Å². The second kappa shape index (κ2) is 7.93. The third-order valence-electron chi connectivity index (χ3n) is 4.36. The lowest BCUT2D eigenvalue weighted by Gasteiger charge is -2.11. The van der Waals surface area contributed by atoms with Crippen molar-refractivity contribution in [2.75, 3.05) is 19.5 Å². The van der Waals surface area contributed by atoms with Gasteiger partial charge in [0.05, 0.1) is 26.2 Å². The molecule has 7 nitrogen and oxygen atoms in total. The van der Waals surface area contributed by atoms with Crippen LogP contribution in [0.5, 0.6) is 11.5 Å². The minimum absolute atomic E-state index is 0.314. The number of ether oxygens (including phenoxy) is 2. The van der Waals surface area contributed by atoms with Gasteiger partial charge in [-0.2, -0.15) is 5.10 Å². The van der Waals surface area contributed by atoms with Gasteiger partial charge >= 0.3 is 0 Å². The van der Waals surface area contributed by atoms with Gasteiger partial charge in [0.2, 0.25) is 0 Å². The van der Waals surface area contributed by atoms with Gasteiger partial charge in [-0.25, -0.2) is 4.68 Å². The van der Waals surface area contributed by atoms with Gasteiger partial charge in [-0.1, -0.05) is 18.2 Å². The SMILES string of the molecule is COc1ccc(NC(=O)c2cc(-c3ccco3)nn2-c2ccccc2)cc1OC. The van der Waals surface area contributed by atoms with Crippen molar-refractivity contribution in [2.24, 2.45) is 0 Å². The molecule has 2 aromatic carbocycles. The first-order valence-electron chi connectivity index (χ1n) is 8.92. The highest BCUT2D eigenvalue weighted by Gasteiger charge is 2.19. The van der Waals surface area contributed by atoms with E-state index in [0.29, 0.717) is 34.3 Å². The predicted octanol–water partition coefficient (Wildman–Crippen LogP) is 4.40. The van der Waals surface area contributed by atoms with Crippen LogP contribution in [0.2, 0.25) is 0 Å². The number of amides is 1. The number of furan rings is 1. The molecule has 2 heterocycles. The smallest absolute Gasteiger partial charge is 0.274 e. The lowest BCUT2D eigenvalue weighted by molar-refractivity contribution is 0.101. The van der Waals surface area contributed by atoms with Gasteiger partial charge in [0, 0.05) is 17.8 Å². The van der Waals surface area contributed by atoms with Gasteiger partial charge in [-0.05, 0) is 36.4 Å². The molecule has 0 radical (unpaired) electrons. The molecule has 1 N–H and O–H groups in total. The predicted molar refractivity (Wildman–Crippen MR) is 109 cm³/mol. The van der Waals surface area contributed by atoms with E-state index in [0.717, 1.165) is 5.69 Å². The summed E-state index contributed by atoms with van der Waals surface area (Å²) in [6.07, 6.45) is 1.57. The maximum Gasteiger partial charge on any atom is 0.274 e. The summed E-state index contributed by atoms with van der Waals surface area (Å²) in [5, 5.41) is 7.45. The number of carbonyl (C=O) groups excluding carboxylic acids is 1. The third-order valence-corrected chi connectivity index (χ3v) is 4.36. The molecule has 0 aliphatic heterocycles. The first-order valence-corrected chi connectivity index (χ1v) is 8.92. The van der Waals surface area contributed by atoms with Crippen LogP contribution in [-0.4, -0.2) is 29.9 Å². The van der Waals surface area contributed by atoms with Crippen LogP contribution >= 0.6 is 0 Å². The fourth-order valence-electron chi connectivity index (χ4n) is 2.96. The first kappa shape index (κ1) is 18.4. The Kier molecular flexibility index (Phi) is 5.03. The summed E-state index contributed by atoms with van der Waals surface area (Å²) >= 11 is 0. The molecule has 1 amide bonds. The van der Waals surface area contributed by atoms with E-state index in [2.05, 4.69) is 10.4 Å². The van der Waals surface area contributed by atoms with E-state index in [1.54, 1.807) is 61.6 Å². The number of nitrogens with one attached hydrogen (secondary N) is 1. The number of para-hydroxylation sites is 1. The fraction of sp³-hybridized carbons (Fsp3) is 0.0909. The third kappa shape index (κ3) is 3.70. The Morgan fingerprint density at radius 3 is 2.45 bits per heavy atom. The fourth-order valence-corrected chi connectivity index (χ4v) is 2.96. The first-order chi connectivity index (χ1) is 14.2. The van der Waals surface area contributed by atoms with Crippen molar-refractivity contribution in [2.45, 2.75) is 0 Å². The van der Waals surface area contributed by atoms with E-state index in [1.807, 2.05) is 30.3 Å². The van der Waals surface area contributed by atoms with Crippen molar-refractivity contribution >= 4 is 11.6 Å². The van der Waals surface area contributed by atoms with Crippen molar-refractivity contribution < 1.29 is 18.7 Å². The van der Waals surface area contributed by atoms with E-state index in [-0.39, 0.29) is 5.91 Å². The quantitative estimate of drug-likeness (QED) is 0.529. The van der Waals surface area contributed by atoms with E-state index >= 15 is 0 Å². The topological polar surface area (TPSA) is 78.5 Å². The van der Waals surface area contributed by atoms with Crippen LogP contribution in [0.4, 0.5) is 5.69 Å². The van der Waals surface area contributed by atoms with Crippen LogP contribution in [0.25, 0.3) is 17.1 Å². The summed E-state index contributed by atoms with van der Waals surface area (Å²) in [6.45, 7) is 0. The minimum Gasteiger partial charge on any atom is -0.493 e. The standard InChI is InChI=1S/C22H19N3O4/c1-27-20-11-10-15(13-21(20)28-2)23-22(26)18-14-17(19-9-6-12-29-19)24-25(18)16-7-4-3-5-8-16/h3-14H,1-2H3,(H,23,26). The summed E-state index contributed by atoms with van der Waals surface area (Å²) in [5.74, 6) is 1.38. The van der Waals surface area contributed by atoms with Gasteiger partial charge in [0.25, 0.3) is 5.91 Å². The van der Waals surface area contributed by atoms with E-state index in [1.165, 1.54) is 0 Å². The summed E-state index contributed by atoms with van der Waals surface area (Å²) in [6, 6.07) is 19.9. The summed E-state index contributed by atoms with van der Waals surface area (Å²) in [7, 11) is 3.11. The second-order valence-electron chi connectivity index (χ2n) is 6.16. The van der Waals surface area contributed by atoms with Crippen LogP contribution < -0.4 is 14.8 Å². The Morgan fingerprint density at radius 2 is 1.76 bits per heavy atom. The molecule has 2 aromatic heterocycles. The minimum atomic E-state index is -0.314. The van der Waals surface area contributed by atoms with Crippen molar-refractivity contribution in [1.82, 2.24) is 9.78 Å². The monoisotopic (exact) mass is 389 g/mol. The number of anilines is 1. The summed E-state index contributed by atoms with van der Waals surface area (Å²) < 4.78 is 17.6. The Labute approximate surface area is 167 Å². The molecule has 0 aliphatic carbocycles. The van der Waals surface area contributed by atoms with Crippen molar-refractivity contribution in [3.63, 3.8) is 0 Å². The van der Waals surface area contributed by atoms with E-state index in [4.69, 9.17) is 13.9 Å². The molecule has 0 unspecified atom stereocenters. The van der Waals surface area contributed by atoms with Crippen LogP contribution in [0.1, 0.15) is 10.5 Å². The van der Waals surface area contributed by atoms with Crippen molar-refractivity contribution in [3.05, 3.63) is 78.7 Å². The van der Waals surface area contributed by atoms with Gasteiger partial charge < -0.3 is 19.2 Å². The molecule has 0 atom stereocenters. The van der Waals surface area contributed by atoms with Crippen molar-refractivity contribution in [1.29, 1.82) is 0 Å². The summed E-state index contributed by atoms with van der Waals surface area (Å²) in [5.41, 5.74) is 2.28. The molecule has 0 fully saturated rings. The maximum atomic E-state index is 13.1. The largest absolute Gasteiger partial charge is 0.493 e. The Morgan fingerprint density at radius 1 is 0.966 bits per heavy atom. The molecular formula is C22H19N3O4. The molecule has 0 saturated heterocycles. The van der Waals surface area contributed by atoms with E-state index in [9.17, 15) is 4.79 Å². The van der Waals surface area contributed by atoms with Crippen LogP contribution in [-0.2, 0) is 0 Å². The van der Waals surface area contributed by atoms with Crippen LogP contribution in [0, 0.1) is 0 Å². The van der Waals surface area contributed by atoms with Gasteiger partial charge in [-0.15, -0.1) is 0 Å². The Hall–Kier alpha value is -4.00. The average molecular weight is 389 g/mol. The highest BCUT2D eigenvalue weighted by molar-refractivity contribution is 6.04. The zero-order valence-electron chi connectivity index (χ0n) is 16.0. The number of hydrogen-bond acceptors (Lipinski definition) is 5. The zero-order chi connectivity index (χ0) is 20.2. The van der Waals surface area contributed by atoms with Crippen LogP contribution in [0.15, 0.2) is 77.4 Å². The molecule has 4 aromatic rings. The number of hydrogen-bond donors (Lipinski definition) is 1. The number of nitrogens with zero attached hydrogens (tertiary/aromatic N) is 2. The van der Waals surface area contributed by atoms with Crippen molar-refractivity contribution in [3.8, 4) is 28.6 Å². The van der Waals surface area contributed by atoms with E-state index < -0.39 is 0 Å². The molecule has 0 saturated carbocycles. The molecule has 7 heteroatoms. The summed E-state index contributed by atoms with van der Waals surface area (Å²) in [4.78, 5) is 13.1. The Bertz CT molecular complexity index is 1120. The van der Waals surface area contributed by atoms with Crippen LogP contribution in [0.3, 0.4) is 0 Å². The average Bonchev–Trinajstić information content (AvgIpc) is 3.44. The second-order valence-corrected chi connectivity index (χ2v) is 6.16. The molecule has 29 heavy (non-hydrogen) atoms. The maximum absolute atomic E-state index is 13.1. The molecule has 146 valence electrons. The highest BCUT2D eigenvalue weighted by atomic mass is 16.5. The number of aromatic nitrogens is 2. The highest BCUT2D eigenvalue weighted by Crippen LogP contribution is 2.30. The number of rotatable bonds is 6. The number of methoxy groups -OCH3 is 2. The molecule has 0 bridgehead atoms. The normalized spacial score (nSPS) is 10.6. The molecule has 0 spiro atoms. The molecule has 0 aliphatic rings.